The number of rotatable bonds is 8. The molecule has 2 N–H and O–H groups in total. The Hall–Kier alpha value is -3.36. The van der Waals surface area contributed by atoms with Crippen LogP contribution in [-0.4, -0.2) is 26.3 Å². The minimum absolute atomic E-state index is 0.0481. The van der Waals surface area contributed by atoms with Crippen LogP contribution >= 0.6 is 24.0 Å². The highest BCUT2D eigenvalue weighted by Crippen LogP contribution is 2.34. The van der Waals surface area contributed by atoms with Gasteiger partial charge in [-0.25, -0.2) is 9.80 Å². The Kier molecular flexibility index (Phi) is 6.96. The third-order valence-corrected chi connectivity index (χ3v) is 6.44. The number of hydrogen-bond donors (Lipinski definition) is 2. The number of aryl methyl sites for hydroxylation is 1. The Balaban J connectivity index is 1.49. The van der Waals surface area contributed by atoms with Crippen LogP contribution in [0.4, 0.5) is 5.69 Å². The van der Waals surface area contributed by atoms with Crippen molar-refractivity contribution in [1.82, 2.24) is 5.01 Å². The number of para-hydroxylation sites is 1. The number of benzene rings is 2. The summed E-state index contributed by atoms with van der Waals surface area (Å²) in [7, 11) is 0. The van der Waals surface area contributed by atoms with E-state index in [0.29, 0.717) is 16.4 Å². The SMILES string of the molecule is CCCCc1ccc(-c2ccc(/C=C3/SC(=S)N(Nc4ccccc4C(=O)O)C3=O)o2)cc1. The van der Waals surface area contributed by atoms with E-state index >= 15 is 0 Å². The molecule has 2 heterocycles. The largest absolute Gasteiger partial charge is 0.478 e. The first kappa shape index (κ1) is 22.8. The van der Waals surface area contributed by atoms with Crippen LogP contribution in [0.3, 0.4) is 0 Å². The molecular weight excluding hydrogens is 456 g/mol. The quantitative estimate of drug-likeness (QED) is 0.294. The molecule has 4 rings (SSSR count). The van der Waals surface area contributed by atoms with Gasteiger partial charge in [0.15, 0.2) is 4.32 Å². The van der Waals surface area contributed by atoms with Gasteiger partial charge >= 0.3 is 5.97 Å². The Labute approximate surface area is 201 Å². The van der Waals surface area contributed by atoms with E-state index in [1.54, 1.807) is 30.3 Å². The van der Waals surface area contributed by atoms with Crippen molar-refractivity contribution in [3.8, 4) is 11.3 Å². The fourth-order valence-electron chi connectivity index (χ4n) is 3.38. The molecule has 1 aliphatic rings. The van der Waals surface area contributed by atoms with Gasteiger partial charge in [0, 0.05) is 11.6 Å². The van der Waals surface area contributed by atoms with Crippen molar-refractivity contribution in [3.05, 3.63) is 82.5 Å². The summed E-state index contributed by atoms with van der Waals surface area (Å²) in [6, 6.07) is 18.3. The van der Waals surface area contributed by atoms with Crippen molar-refractivity contribution in [3.63, 3.8) is 0 Å². The molecule has 1 amide bonds. The maximum absolute atomic E-state index is 12.9. The summed E-state index contributed by atoms with van der Waals surface area (Å²) in [5.41, 5.74) is 5.42. The third kappa shape index (κ3) is 5.18. The third-order valence-electron chi connectivity index (χ3n) is 5.14. The number of amides is 1. The van der Waals surface area contributed by atoms with Crippen LogP contribution < -0.4 is 5.43 Å². The number of aromatic carboxylic acids is 1. The molecular formula is C25H22N2O4S2. The molecule has 1 aliphatic heterocycles. The lowest BCUT2D eigenvalue weighted by molar-refractivity contribution is -0.121. The molecule has 1 saturated heterocycles. The van der Waals surface area contributed by atoms with Gasteiger partial charge in [-0.15, -0.1) is 0 Å². The second kappa shape index (κ2) is 10.1. The predicted molar refractivity (Wildman–Crippen MR) is 135 cm³/mol. The molecule has 0 bridgehead atoms. The predicted octanol–water partition coefficient (Wildman–Crippen LogP) is 6.22. The summed E-state index contributed by atoms with van der Waals surface area (Å²) in [6.07, 6.45) is 5.03. The molecule has 0 saturated carbocycles. The van der Waals surface area contributed by atoms with Gasteiger partial charge in [-0.1, -0.05) is 61.5 Å². The zero-order chi connectivity index (χ0) is 23.4. The van der Waals surface area contributed by atoms with Gasteiger partial charge in [0.05, 0.1) is 16.2 Å². The number of hydrogen-bond acceptors (Lipinski definition) is 6. The minimum atomic E-state index is -1.10. The van der Waals surface area contributed by atoms with Gasteiger partial charge in [-0.05, 0) is 54.9 Å². The molecule has 3 aromatic rings. The Bertz CT molecular complexity index is 1230. The van der Waals surface area contributed by atoms with E-state index in [4.69, 9.17) is 16.6 Å². The fourth-order valence-corrected chi connectivity index (χ4v) is 4.54. The second-order valence-corrected chi connectivity index (χ2v) is 9.16. The molecule has 8 heteroatoms. The first-order valence-electron chi connectivity index (χ1n) is 10.5. The average Bonchev–Trinajstić information content (AvgIpc) is 3.38. The number of thioether (sulfide) groups is 1. The number of carbonyl (C=O) groups is 2. The van der Waals surface area contributed by atoms with Gasteiger partial charge < -0.3 is 9.52 Å². The molecule has 33 heavy (non-hydrogen) atoms. The molecule has 1 aromatic heterocycles. The number of anilines is 1. The standard InChI is InChI=1S/C25H22N2O4S2/c1-2-3-6-16-9-11-17(12-10-16)21-14-13-18(31-21)15-22-23(28)27(25(32)33-22)26-20-8-5-4-7-19(20)24(29)30/h4-5,7-15,26H,2-3,6H2,1H3,(H,29,30)/b22-15+. The highest BCUT2D eigenvalue weighted by Gasteiger charge is 2.33. The number of hydrazine groups is 1. The van der Waals surface area contributed by atoms with E-state index in [0.717, 1.165) is 30.2 Å². The summed E-state index contributed by atoms with van der Waals surface area (Å²) in [5, 5.41) is 10.5. The Morgan fingerprint density at radius 3 is 2.64 bits per heavy atom. The number of furan rings is 1. The van der Waals surface area contributed by atoms with E-state index in [2.05, 4.69) is 24.5 Å². The van der Waals surface area contributed by atoms with Crippen LogP contribution in [0.25, 0.3) is 17.4 Å². The van der Waals surface area contributed by atoms with E-state index in [1.807, 2.05) is 18.2 Å². The zero-order valence-corrected chi connectivity index (χ0v) is 19.5. The summed E-state index contributed by atoms with van der Waals surface area (Å²) < 4.78 is 6.22. The van der Waals surface area contributed by atoms with Crippen LogP contribution in [-0.2, 0) is 11.2 Å². The van der Waals surface area contributed by atoms with Gasteiger partial charge in [0.1, 0.15) is 11.5 Å². The highest BCUT2D eigenvalue weighted by atomic mass is 32.2. The van der Waals surface area contributed by atoms with Crippen molar-refractivity contribution >= 4 is 51.9 Å². The van der Waals surface area contributed by atoms with E-state index in [-0.39, 0.29) is 21.5 Å². The molecule has 168 valence electrons. The van der Waals surface area contributed by atoms with Crippen LogP contribution in [0.15, 0.2) is 70.0 Å². The number of carboxylic acids is 1. The van der Waals surface area contributed by atoms with Gasteiger partial charge in [-0.2, -0.15) is 0 Å². The molecule has 0 unspecified atom stereocenters. The first-order chi connectivity index (χ1) is 16.0. The summed E-state index contributed by atoms with van der Waals surface area (Å²) in [6.45, 7) is 2.18. The van der Waals surface area contributed by atoms with Crippen LogP contribution in [0.5, 0.6) is 0 Å². The van der Waals surface area contributed by atoms with Crippen molar-refractivity contribution in [2.75, 3.05) is 5.43 Å². The lowest BCUT2D eigenvalue weighted by Crippen LogP contribution is -2.34. The number of thiocarbonyl (C=S) groups is 1. The first-order valence-corrected chi connectivity index (χ1v) is 11.7. The molecule has 1 fully saturated rings. The lowest BCUT2D eigenvalue weighted by Gasteiger charge is -2.18. The monoisotopic (exact) mass is 478 g/mol. The molecule has 2 aromatic carbocycles. The number of unbranched alkanes of at least 4 members (excludes halogenated alkanes) is 1. The summed E-state index contributed by atoms with van der Waals surface area (Å²) in [4.78, 5) is 24.7. The Morgan fingerprint density at radius 2 is 1.91 bits per heavy atom. The number of carboxylic acid groups (broad SMARTS) is 1. The summed E-state index contributed by atoms with van der Waals surface area (Å²) >= 11 is 6.45. The molecule has 0 atom stereocenters. The minimum Gasteiger partial charge on any atom is -0.478 e. The van der Waals surface area contributed by atoms with Crippen molar-refractivity contribution < 1.29 is 19.1 Å². The van der Waals surface area contributed by atoms with Crippen molar-refractivity contribution in [2.45, 2.75) is 26.2 Å². The number of nitrogens with one attached hydrogen (secondary N) is 1. The van der Waals surface area contributed by atoms with Crippen LogP contribution in [0.2, 0.25) is 0 Å². The maximum Gasteiger partial charge on any atom is 0.337 e. The van der Waals surface area contributed by atoms with Gasteiger partial charge in [-0.3, -0.25) is 10.2 Å². The van der Waals surface area contributed by atoms with E-state index < -0.39 is 5.97 Å². The lowest BCUT2D eigenvalue weighted by atomic mass is 10.1. The molecule has 0 aliphatic carbocycles. The van der Waals surface area contributed by atoms with E-state index in [1.165, 1.54) is 23.1 Å². The molecule has 0 radical (unpaired) electrons. The fraction of sp³-hybridized carbons (Fsp3) is 0.160. The van der Waals surface area contributed by atoms with Crippen molar-refractivity contribution in [2.24, 2.45) is 0 Å². The number of nitrogens with zero attached hydrogens (tertiary/aromatic N) is 1. The zero-order valence-electron chi connectivity index (χ0n) is 17.9. The van der Waals surface area contributed by atoms with Crippen LogP contribution in [0.1, 0.15) is 41.4 Å². The maximum atomic E-state index is 12.9. The van der Waals surface area contributed by atoms with Crippen molar-refractivity contribution in [1.29, 1.82) is 0 Å². The van der Waals surface area contributed by atoms with Gasteiger partial charge in [0.25, 0.3) is 5.91 Å². The topological polar surface area (TPSA) is 82.8 Å². The van der Waals surface area contributed by atoms with Crippen LogP contribution in [0, 0.1) is 0 Å². The van der Waals surface area contributed by atoms with Gasteiger partial charge in [0.2, 0.25) is 0 Å². The number of carbonyl (C=O) groups excluding carboxylic acids is 1. The smallest absolute Gasteiger partial charge is 0.337 e. The normalized spacial score (nSPS) is 14.8. The molecule has 0 spiro atoms. The second-order valence-electron chi connectivity index (χ2n) is 7.48. The summed E-state index contributed by atoms with van der Waals surface area (Å²) in [5.74, 6) is -0.220. The Morgan fingerprint density at radius 1 is 1.15 bits per heavy atom. The molecule has 6 nitrogen and oxygen atoms in total. The highest BCUT2D eigenvalue weighted by molar-refractivity contribution is 8.26. The average molecular weight is 479 g/mol. The van der Waals surface area contributed by atoms with E-state index in [9.17, 15) is 14.7 Å².